The highest BCUT2D eigenvalue weighted by Crippen LogP contribution is 2.46. The van der Waals surface area contributed by atoms with Gasteiger partial charge in [-0.2, -0.15) is 0 Å². The molecule has 2 aliphatic heterocycles. The average Bonchev–Trinajstić information content (AvgIpc) is 2.83. The fourth-order valence-electron chi connectivity index (χ4n) is 4.69. The highest BCUT2D eigenvalue weighted by Gasteiger charge is 2.48. The van der Waals surface area contributed by atoms with Crippen LogP contribution >= 0.6 is 0 Å². The van der Waals surface area contributed by atoms with Crippen molar-refractivity contribution in [1.29, 1.82) is 0 Å². The van der Waals surface area contributed by atoms with Crippen LogP contribution in [0, 0.1) is 0 Å². The molecule has 4 amide bonds. The largest absolute Gasteiger partial charge is 0.273 e. The lowest BCUT2D eigenvalue weighted by Crippen LogP contribution is -2.50. The lowest BCUT2D eigenvalue weighted by Gasteiger charge is -2.39. The molecule has 6 rings (SSSR count). The SMILES string of the molecule is O=C1c2ccc3c4c2C(C=CC4C(=O)N(c2cccnc2)C3=O)C(=O)N1c1cccnc1. The Morgan fingerprint density at radius 3 is 1.44 bits per heavy atom. The number of rotatable bonds is 2. The van der Waals surface area contributed by atoms with E-state index in [9.17, 15) is 19.2 Å². The summed E-state index contributed by atoms with van der Waals surface area (Å²) in [5, 5.41) is 0. The number of aromatic nitrogens is 2. The van der Waals surface area contributed by atoms with Gasteiger partial charge in [0.05, 0.1) is 35.6 Å². The van der Waals surface area contributed by atoms with Gasteiger partial charge in [-0.15, -0.1) is 0 Å². The minimum atomic E-state index is -0.764. The van der Waals surface area contributed by atoms with E-state index in [1.807, 2.05) is 0 Å². The monoisotopic (exact) mass is 422 g/mol. The summed E-state index contributed by atoms with van der Waals surface area (Å²) in [7, 11) is 0. The van der Waals surface area contributed by atoms with Crippen LogP contribution in [0.15, 0.2) is 73.3 Å². The van der Waals surface area contributed by atoms with Crippen molar-refractivity contribution in [1.82, 2.24) is 9.97 Å². The van der Waals surface area contributed by atoms with Crippen LogP contribution in [0.25, 0.3) is 0 Å². The summed E-state index contributed by atoms with van der Waals surface area (Å²) in [6.45, 7) is 0. The number of carbonyl (C=O) groups is 4. The molecule has 1 aromatic carbocycles. The van der Waals surface area contributed by atoms with Crippen LogP contribution in [0.5, 0.6) is 0 Å². The molecular weight excluding hydrogens is 408 g/mol. The molecule has 1 aliphatic carbocycles. The van der Waals surface area contributed by atoms with Gasteiger partial charge in [-0.05, 0) is 47.5 Å². The number of benzene rings is 1. The van der Waals surface area contributed by atoms with Crippen LogP contribution in [0.4, 0.5) is 11.4 Å². The van der Waals surface area contributed by atoms with E-state index >= 15 is 0 Å². The standard InChI is InChI=1S/C24H14N4O4/c29-21-15-5-7-17-20-18(24(32)28(23(17)31)14-4-2-10-26-12-14)8-6-16(19(15)20)22(30)27(21)13-3-1-9-25-11-13/h1-12,15,17H. The highest BCUT2D eigenvalue weighted by molar-refractivity contribution is 6.30. The molecule has 2 unspecified atom stereocenters. The number of hydrogen-bond donors (Lipinski definition) is 0. The van der Waals surface area contributed by atoms with Gasteiger partial charge in [0, 0.05) is 23.5 Å². The molecule has 0 saturated carbocycles. The number of carbonyl (C=O) groups excluding carboxylic acids is 4. The first-order chi connectivity index (χ1) is 15.6. The first-order valence-electron chi connectivity index (χ1n) is 9.99. The van der Waals surface area contributed by atoms with E-state index in [1.54, 1.807) is 60.9 Å². The predicted octanol–water partition coefficient (Wildman–Crippen LogP) is 2.59. The predicted molar refractivity (Wildman–Crippen MR) is 113 cm³/mol. The summed E-state index contributed by atoms with van der Waals surface area (Å²) in [4.78, 5) is 63.5. The molecule has 3 aromatic rings. The summed E-state index contributed by atoms with van der Waals surface area (Å²) in [6.07, 6.45) is 9.31. The molecule has 2 atom stereocenters. The Labute approximate surface area is 181 Å². The van der Waals surface area contributed by atoms with Gasteiger partial charge in [0.15, 0.2) is 0 Å². The Kier molecular flexibility index (Phi) is 3.73. The smallest absolute Gasteiger partial charge is 0.265 e. The average molecular weight is 422 g/mol. The van der Waals surface area contributed by atoms with E-state index in [-0.39, 0.29) is 0 Å². The Bertz CT molecular complexity index is 1260. The van der Waals surface area contributed by atoms with Gasteiger partial charge < -0.3 is 0 Å². The Hall–Kier alpha value is -4.46. The highest BCUT2D eigenvalue weighted by atomic mass is 16.2. The summed E-state index contributed by atoms with van der Waals surface area (Å²) in [5.41, 5.74) is 2.24. The third-order valence-electron chi connectivity index (χ3n) is 6.05. The van der Waals surface area contributed by atoms with Crippen LogP contribution in [0.2, 0.25) is 0 Å². The van der Waals surface area contributed by atoms with Crippen LogP contribution in [0.3, 0.4) is 0 Å². The van der Waals surface area contributed by atoms with Crippen molar-refractivity contribution in [2.45, 2.75) is 11.8 Å². The minimum Gasteiger partial charge on any atom is -0.273 e. The Balaban J connectivity index is 1.54. The zero-order valence-corrected chi connectivity index (χ0v) is 16.5. The van der Waals surface area contributed by atoms with E-state index in [2.05, 4.69) is 9.97 Å². The quantitative estimate of drug-likeness (QED) is 0.465. The molecule has 0 bridgehead atoms. The molecule has 3 aliphatic rings. The van der Waals surface area contributed by atoms with E-state index < -0.39 is 35.5 Å². The summed E-state index contributed by atoms with van der Waals surface area (Å²) in [6, 6.07) is 9.70. The van der Waals surface area contributed by atoms with Gasteiger partial charge in [0.25, 0.3) is 11.8 Å². The van der Waals surface area contributed by atoms with Gasteiger partial charge >= 0.3 is 0 Å². The molecule has 32 heavy (non-hydrogen) atoms. The topological polar surface area (TPSA) is 101 Å². The number of imide groups is 2. The van der Waals surface area contributed by atoms with Gasteiger partial charge in [0.2, 0.25) is 11.8 Å². The number of anilines is 2. The van der Waals surface area contributed by atoms with Crippen molar-refractivity contribution in [2.75, 3.05) is 9.80 Å². The summed E-state index contributed by atoms with van der Waals surface area (Å²) < 4.78 is 0. The fourth-order valence-corrected chi connectivity index (χ4v) is 4.69. The fraction of sp³-hybridized carbons (Fsp3) is 0.0833. The summed E-state index contributed by atoms with van der Waals surface area (Å²) in [5.74, 6) is -3.40. The molecule has 0 spiro atoms. The maximum atomic E-state index is 13.3. The molecule has 0 saturated heterocycles. The number of nitrogens with zero attached hydrogens (tertiary/aromatic N) is 4. The molecule has 4 heterocycles. The zero-order chi connectivity index (χ0) is 22.0. The molecular formula is C24H14N4O4. The molecule has 0 N–H and O–H groups in total. The van der Waals surface area contributed by atoms with Crippen LogP contribution in [-0.4, -0.2) is 33.6 Å². The zero-order valence-electron chi connectivity index (χ0n) is 16.5. The lowest BCUT2D eigenvalue weighted by molar-refractivity contribution is -0.120. The first-order valence-corrected chi connectivity index (χ1v) is 9.99. The number of pyridine rings is 2. The number of hydrogen-bond acceptors (Lipinski definition) is 6. The third kappa shape index (κ3) is 2.31. The molecule has 154 valence electrons. The lowest BCUT2D eigenvalue weighted by atomic mass is 9.72. The van der Waals surface area contributed by atoms with Crippen molar-refractivity contribution in [3.05, 3.63) is 95.6 Å². The minimum absolute atomic E-state index is 0.307. The van der Waals surface area contributed by atoms with Crippen molar-refractivity contribution < 1.29 is 19.2 Å². The van der Waals surface area contributed by atoms with Gasteiger partial charge in [-0.3, -0.25) is 29.1 Å². The second-order valence-electron chi connectivity index (χ2n) is 7.71. The third-order valence-corrected chi connectivity index (χ3v) is 6.05. The Morgan fingerprint density at radius 2 is 1.06 bits per heavy atom. The molecule has 8 heteroatoms. The molecule has 0 fully saturated rings. The van der Waals surface area contributed by atoms with Gasteiger partial charge in [-0.1, -0.05) is 12.2 Å². The van der Waals surface area contributed by atoms with E-state index in [4.69, 9.17) is 0 Å². The van der Waals surface area contributed by atoms with Crippen LogP contribution < -0.4 is 9.80 Å². The maximum Gasteiger partial charge on any atom is 0.265 e. The van der Waals surface area contributed by atoms with Crippen molar-refractivity contribution in [3.8, 4) is 0 Å². The van der Waals surface area contributed by atoms with Crippen molar-refractivity contribution in [3.63, 3.8) is 0 Å². The van der Waals surface area contributed by atoms with E-state index in [1.165, 1.54) is 12.4 Å². The molecule has 2 aromatic heterocycles. The van der Waals surface area contributed by atoms with Crippen LogP contribution in [-0.2, 0) is 9.59 Å². The normalized spacial score (nSPS) is 21.1. The molecule has 8 nitrogen and oxygen atoms in total. The van der Waals surface area contributed by atoms with Gasteiger partial charge in [-0.25, -0.2) is 9.80 Å². The first kappa shape index (κ1) is 18.3. The summed E-state index contributed by atoms with van der Waals surface area (Å²) >= 11 is 0. The maximum absolute atomic E-state index is 13.3. The van der Waals surface area contributed by atoms with Crippen LogP contribution in [0.1, 0.15) is 43.7 Å². The second-order valence-corrected chi connectivity index (χ2v) is 7.71. The number of amides is 4. The second kappa shape index (κ2) is 6.52. The Morgan fingerprint density at radius 1 is 0.625 bits per heavy atom. The van der Waals surface area contributed by atoms with Crippen molar-refractivity contribution >= 4 is 35.0 Å². The molecule has 0 radical (unpaired) electrons. The van der Waals surface area contributed by atoms with E-state index in [0.717, 1.165) is 9.80 Å². The van der Waals surface area contributed by atoms with Gasteiger partial charge in [0.1, 0.15) is 0 Å². The van der Waals surface area contributed by atoms with Crippen molar-refractivity contribution in [2.24, 2.45) is 0 Å². The van der Waals surface area contributed by atoms with E-state index in [0.29, 0.717) is 33.6 Å².